The predicted octanol–water partition coefficient (Wildman–Crippen LogP) is 3.36. The monoisotopic (exact) mass is 400 g/mol. The Balaban J connectivity index is 1.66. The van der Waals surface area contributed by atoms with Gasteiger partial charge in [-0.3, -0.25) is 0 Å². The Morgan fingerprint density at radius 3 is 2.96 bits per heavy atom. The lowest BCUT2D eigenvalue weighted by molar-refractivity contribution is 0.464. The van der Waals surface area contributed by atoms with E-state index < -0.39 is 0 Å². The van der Waals surface area contributed by atoms with Crippen LogP contribution in [0.3, 0.4) is 0 Å². The number of halogens is 1. The van der Waals surface area contributed by atoms with E-state index in [4.69, 9.17) is 21.0 Å². The van der Waals surface area contributed by atoms with Crippen molar-refractivity contribution in [2.45, 2.75) is 33.0 Å². The van der Waals surface area contributed by atoms with Crippen molar-refractivity contribution in [3.8, 4) is 0 Å². The summed E-state index contributed by atoms with van der Waals surface area (Å²) in [4.78, 5) is 6.78. The van der Waals surface area contributed by atoms with Crippen LogP contribution < -0.4 is 5.32 Å². The van der Waals surface area contributed by atoms with Gasteiger partial charge >= 0.3 is 0 Å². The minimum atomic E-state index is 0.474. The van der Waals surface area contributed by atoms with Gasteiger partial charge in [-0.1, -0.05) is 30.7 Å². The van der Waals surface area contributed by atoms with Gasteiger partial charge < -0.3 is 19.2 Å². The van der Waals surface area contributed by atoms with Gasteiger partial charge in [-0.15, -0.1) is 10.2 Å². The van der Waals surface area contributed by atoms with Crippen molar-refractivity contribution in [3.05, 3.63) is 71.2 Å². The van der Waals surface area contributed by atoms with E-state index >= 15 is 0 Å². The molecule has 0 saturated heterocycles. The normalized spacial score (nSPS) is 11.6. The third-order valence-electron chi connectivity index (χ3n) is 4.28. The van der Waals surface area contributed by atoms with Crippen molar-refractivity contribution in [2.24, 2.45) is 4.99 Å². The van der Waals surface area contributed by atoms with Crippen LogP contribution in [0.1, 0.15) is 24.1 Å². The zero-order valence-corrected chi connectivity index (χ0v) is 16.9. The Kier molecular flexibility index (Phi) is 7.08. The quantitative estimate of drug-likeness (QED) is 0.463. The number of guanidine groups is 1. The number of rotatable bonds is 8. The molecular formula is C20H25ClN6O. The van der Waals surface area contributed by atoms with Gasteiger partial charge in [0.2, 0.25) is 0 Å². The summed E-state index contributed by atoms with van der Waals surface area (Å²) in [5.41, 5.74) is 1.12. The first-order valence-electron chi connectivity index (χ1n) is 9.28. The summed E-state index contributed by atoms with van der Waals surface area (Å²) in [7, 11) is 2.01. The Hall–Kier alpha value is -2.80. The van der Waals surface area contributed by atoms with Crippen LogP contribution in [0.5, 0.6) is 0 Å². The largest absolute Gasteiger partial charge is 0.467 e. The lowest BCUT2D eigenvalue weighted by Gasteiger charge is -2.23. The van der Waals surface area contributed by atoms with E-state index in [2.05, 4.69) is 33.4 Å². The molecule has 7 nitrogen and oxygen atoms in total. The third-order valence-corrected chi connectivity index (χ3v) is 4.52. The molecule has 0 unspecified atom stereocenters. The minimum Gasteiger partial charge on any atom is -0.467 e. The van der Waals surface area contributed by atoms with Crippen molar-refractivity contribution in [3.63, 3.8) is 0 Å². The zero-order chi connectivity index (χ0) is 19.8. The summed E-state index contributed by atoms with van der Waals surface area (Å²) >= 11 is 6.11. The van der Waals surface area contributed by atoms with Gasteiger partial charge in [0.05, 0.1) is 6.26 Å². The molecule has 0 amide bonds. The molecule has 148 valence electrons. The highest BCUT2D eigenvalue weighted by atomic mass is 35.5. The van der Waals surface area contributed by atoms with Crippen LogP contribution in [0.4, 0.5) is 0 Å². The van der Waals surface area contributed by atoms with Crippen LogP contribution in [0, 0.1) is 0 Å². The van der Waals surface area contributed by atoms with Gasteiger partial charge in [0, 0.05) is 38.1 Å². The zero-order valence-electron chi connectivity index (χ0n) is 16.2. The first-order valence-corrected chi connectivity index (χ1v) is 9.66. The first kappa shape index (κ1) is 19.9. The molecule has 0 aliphatic heterocycles. The van der Waals surface area contributed by atoms with E-state index in [0.717, 1.165) is 41.1 Å². The Morgan fingerprint density at radius 1 is 1.32 bits per heavy atom. The maximum atomic E-state index is 6.11. The van der Waals surface area contributed by atoms with E-state index in [9.17, 15) is 0 Å². The molecule has 28 heavy (non-hydrogen) atoms. The molecule has 0 aliphatic rings. The number of hydrogen-bond acceptors (Lipinski definition) is 4. The van der Waals surface area contributed by atoms with Gasteiger partial charge in [-0.25, -0.2) is 4.99 Å². The third kappa shape index (κ3) is 5.60. The average Bonchev–Trinajstić information content (AvgIpc) is 3.36. The highest BCUT2D eigenvalue weighted by Crippen LogP contribution is 2.12. The van der Waals surface area contributed by atoms with Crippen molar-refractivity contribution < 1.29 is 4.42 Å². The van der Waals surface area contributed by atoms with E-state index in [1.165, 1.54) is 0 Å². The number of aryl methyl sites for hydroxylation is 1. The smallest absolute Gasteiger partial charge is 0.194 e. The minimum absolute atomic E-state index is 0.474. The van der Waals surface area contributed by atoms with Gasteiger partial charge in [0.15, 0.2) is 5.96 Å². The second-order valence-electron chi connectivity index (χ2n) is 6.43. The van der Waals surface area contributed by atoms with Crippen molar-refractivity contribution in [1.29, 1.82) is 0 Å². The molecule has 3 rings (SSSR count). The lowest BCUT2D eigenvalue weighted by Crippen LogP contribution is -2.40. The highest BCUT2D eigenvalue weighted by molar-refractivity contribution is 6.30. The number of benzene rings is 1. The Morgan fingerprint density at radius 2 is 2.21 bits per heavy atom. The number of nitrogens with zero attached hydrogens (tertiary/aromatic N) is 5. The first-order chi connectivity index (χ1) is 13.7. The van der Waals surface area contributed by atoms with Crippen LogP contribution in [-0.2, 0) is 26.1 Å². The number of furan rings is 1. The number of hydrogen-bond donors (Lipinski definition) is 1. The molecule has 1 N–H and O–H groups in total. The molecule has 2 aromatic heterocycles. The SMILES string of the molecule is CCc1nncn1CCNC(=NCc1ccco1)N(C)Cc1cccc(Cl)c1. The molecule has 1 aromatic carbocycles. The molecular weight excluding hydrogens is 376 g/mol. The molecule has 8 heteroatoms. The summed E-state index contributed by atoms with van der Waals surface area (Å²) in [6.07, 6.45) is 4.27. The molecule has 0 aliphatic carbocycles. The van der Waals surface area contributed by atoms with Crippen molar-refractivity contribution >= 4 is 17.6 Å². The number of aliphatic imine (C=N–C) groups is 1. The second-order valence-corrected chi connectivity index (χ2v) is 6.86. The van der Waals surface area contributed by atoms with E-state index in [1.54, 1.807) is 12.6 Å². The fraction of sp³-hybridized carbons (Fsp3) is 0.350. The fourth-order valence-corrected chi connectivity index (χ4v) is 3.09. The predicted molar refractivity (Wildman–Crippen MR) is 110 cm³/mol. The lowest BCUT2D eigenvalue weighted by atomic mass is 10.2. The van der Waals surface area contributed by atoms with E-state index in [1.807, 2.05) is 41.9 Å². The summed E-state index contributed by atoms with van der Waals surface area (Å²) in [6.45, 7) is 4.71. The number of aromatic nitrogens is 3. The van der Waals surface area contributed by atoms with E-state index in [-0.39, 0.29) is 0 Å². The summed E-state index contributed by atoms with van der Waals surface area (Å²) in [5.74, 6) is 2.59. The molecule has 0 saturated carbocycles. The van der Waals surface area contributed by atoms with Crippen LogP contribution in [0.2, 0.25) is 5.02 Å². The molecule has 3 aromatic rings. The van der Waals surface area contributed by atoms with Gasteiger partial charge in [-0.2, -0.15) is 0 Å². The summed E-state index contributed by atoms with van der Waals surface area (Å²) in [6, 6.07) is 11.6. The maximum absolute atomic E-state index is 6.11. The molecule has 0 bridgehead atoms. The topological polar surface area (TPSA) is 71.5 Å². The van der Waals surface area contributed by atoms with Gasteiger partial charge in [-0.05, 0) is 29.8 Å². The average molecular weight is 401 g/mol. The fourth-order valence-electron chi connectivity index (χ4n) is 2.88. The van der Waals surface area contributed by atoms with Crippen LogP contribution >= 0.6 is 11.6 Å². The standard InChI is InChI=1S/C20H25ClN6O/c1-3-19-25-24-15-27(19)10-9-22-20(23-13-18-8-5-11-28-18)26(2)14-16-6-4-7-17(21)12-16/h4-8,11-12,15H,3,9-10,13-14H2,1-2H3,(H,22,23). The Labute approximate surface area is 170 Å². The number of nitrogens with one attached hydrogen (secondary N) is 1. The van der Waals surface area contributed by atoms with Gasteiger partial charge in [0.25, 0.3) is 0 Å². The van der Waals surface area contributed by atoms with Crippen molar-refractivity contribution in [1.82, 2.24) is 25.0 Å². The molecule has 0 spiro atoms. The molecule has 0 atom stereocenters. The molecule has 0 fully saturated rings. The van der Waals surface area contributed by atoms with Crippen LogP contribution in [-0.4, -0.2) is 39.2 Å². The van der Waals surface area contributed by atoms with Gasteiger partial charge in [0.1, 0.15) is 24.5 Å². The van der Waals surface area contributed by atoms with Crippen LogP contribution in [0.25, 0.3) is 0 Å². The highest BCUT2D eigenvalue weighted by Gasteiger charge is 2.09. The Bertz CT molecular complexity index is 890. The second kappa shape index (κ2) is 9.94. The summed E-state index contributed by atoms with van der Waals surface area (Å²) < 4.78 is 7.45. The maximum Gasteiger partial charge on any atom is 0.194 e. The summed E-state index contributed by atoms with van der Waals surface area (Å²) in [5, 5.41) is 12.3. The van der Waals surface area contributed by atoms with Crippen molar-refractivity contribution in [2.75, 3.05) is 13.6 Å². The molecule has 0 radical (unpaired) electrons. The van der Waals surface area contributed by atoms with E-state index in [0.29, 0.717) is 19.6 Å². The molecule has 2 heterocycles. The van der Waals surface area contributed by atoms with Crippen LogP contribution in [0.15, 0.2) is 58.4 Å².